The van der Waals surface area contributed by atoms with Crippen LogP contribution >= 0.6 is 23.2 Å². The molecular weight excluding hydrogens is 241 g/mol. The van der Waals surface area contributed by atoms with E-state index in [1.807, 2.05) is 0 Å². The average molecular weight is 250 g/mol. The Balaban J connectivity index is 2.92. The Kier molecular flexibility index (Phi) is 3.54. The largest absolute Gasteiger partial charge is 0.430 e. The van der Waals surface area contributed by atoms with Crippen LogP contribution in [-0.2, 0) is 4.74 Å². The lowest BCUT2D eigenvalue weighted by Crippen LogP contribution is -2.27. The van der Waals surface area contributed by atoms with Gasteiger partial charge in [0.05, 0.1) is 5.56 Å². The van der Waals surface area contributed by atoms with Crippen molar-refractivity contribution in [1.82, 2.24) is 4.98 Å². The zero-order valence-corrected chi connectivity index (χ0v) is 9.63. The zero-order valence-electron chi connectivity index (χ0n) is 8.12. The highest BCUT2D eigenvalue weighted by molar-refractivity contribution is 6.34. The van der Waals surface area contributed by atoms with Crippen molar-refractivity contribution in [2.75, 3.05) is 0 Å². The second-order valence-corrected chi connectivity index (χ2v) is 4.05. The van der Waals surface area contributed by atoms with Gasteiger partial charge in [0.25, 0.3) is 0 Å². The number of halogens is 2. The summed E-state index contributed by atoms with van der Waals surface area (Å²) in [6.07, 6.45) is 0. The molecule has 1 aromatic heterocycles. The van der Waals surface area contributed by atoms with E-state index in [9.17, 15) is 9.90 Å². The highest BCUT2D eigenvalue weighted by Gasteiger charge is 2.22. The summed E-state index contributed by atoms with van der Waals surface area (Å²) in [5, 5.41) is 9.38. The zero-order chi connectivity index (χ0) is 11.6. The van der Waals surface area contributed by atoms with Gasteiger partial charge in [0.15, 0.2) is 0 Å². The third-order valence-electron chi connectivity index (χ3n) is 1.38. The number of ether oxygens (including phenoxy) is 1. The average Bonchev–Trinajstić information content (AvgIpc) is 1.99. The molecule has 6 heteroatoms. The molecule has 0 saturated carbocycles. The van der Waals surface area contributed by atoms with Crippen molar-refractivity contribution in [3.8, 4) is 0 Å². The Labute approximate surface area is 96.8 Å². The molecule has 1 heterocycles. The predicted octanol–water partition coefficient (Wildman–Crippen LogP) is 2.27. The lowest BCUT2D eigenvalue weighted by molar-refractivity contribution is -0.136. The molecule has 0 aliphatic heterocycles. The SMILES string of the molecule is CC(C)(O)OC(=O)c1ccc(Cl)nc1Cl. The van der Waals surface area contributed by atoms with Gasteiger partial charge in [-0.2, -0.15) is 0 Å². The van der Waals surface area contributed by atoms with Crippen LogP contribution in [0.1, 0.15) is 24.2 Å². The monoisotopic (exact) mass is 249 g/mol. The molecule has 0 radical (unpaired) electrons. The van der Waals surface area contributed by atoms with Crippen molar-refractivity contribution in [3.05, 3.63) is 28.0 Å². The van der Waals surface area contributed by atoms with E-state index >= 15 is 0 Å². The van der Waals surface area contributed by atoms with Crippen LogP contribution in [0.5, 0.6) is 0 Å². The lowest BCUT2D eigenvalue weighted by Gasteiger charge is -2.18. The molecule has 0 aromatic carbocycles. The Bertz CT molecular complexity index is 387. The first kappa shape index (κ1) is 12.2. The van der Waals surface area contributed by atoms with Crippen molar-refractivity contribution in [1.29, 1.82) is 0 Å². The van der Waals surface area contributed by atoms with E-state index in [1.54, 1.807) is 0 Å². The molecule has 15 heavy (non-hydrogen) atoms. The maximum absolute atomic E-state index is 11.4. The molecule has 0 fully saturated rings. The molecule has 1 N–H and O–H groups in total. The maximum Gasteiger partial charge on any atom is 0.343 e. The quantitative estimate of drug-likeness (QED) is 0.497. The van der Waals surface area contributed by atoms with Gasteiger partial charge in [-0.05, 0) is 12.1 Å². The Hall–Kier alpha value is -0.840. The number of aromatic nitrogens is 1. The van der Waals surface area contributed by atoms with Crippen molar-refractivity contribution in [2.24, 2.45) is 0 Å². The highest BCUT2D eigenvalue weighted by Crippen LogP contribution is 2.19. The third kappa shape index (κ3) is 3.66. The minimum Gasteiger partial charge on any atom is -0.430 e. The number of nitrogens with zero attached hydrogens (tertiary/aromatic N) is 1. The van der Waals surface area contributed by atoms with Crippen LogP contribution in [0.3, 0.4) is 0 Å². The van der Waals surface area contributed by atoms with Crippen LogP contribution in [0.25, 0.3) is 0 Å². The molecule has 82 valence electrons. The topological polar surface area (TPSA) is 59.4 Å². The van der Waals surface area contributed by atoms with Gasteiger partial charge in [-0.1, -0.05) is 23.2 Å². The summed E-state index contributed by atoms with van der Waals surface area (Å²) in [5.74, 6) is -2.31. The molecule has 4 nitrogen and oxygen atoms in total. The minimum atomic E-state index is -1.56. The van der Waals surface area contributed by atoms with E-state index in [0.717, 1.165) is 0 Å². The number of carbonyl (C=O) groups excluding carboxylic acids is 1. The van der Waals surface area contributed by atoms with Gasteiger partial charge in [-0.3, -0.25) is 0 Å². The summed E-state index contributed by atoms with van der Waals surface area (Å²) >= 11 is 11.2. The number of hydrogen-bond donors (Lipinski definition) is 1. The smallest absolute Gasteiger partial charge is 0.343 e. The highest BCUT2D eigenvalue weighted by atomic mass is 35.5. The van der Waals surface area contributed by atoms with Gasteiger partial charge >= 0.3 is 5.97 Å². The summed E-state index contributed by atoms with van der Waals surface area (Å²) in [6.45, 7) is 2.67. The molecule has 0 unspecified atom stereocenters. The number of esters is 1. The van der Waals surface area contributed by atoms with E-state index in [-0.39, 0.29) is 15.9 Å². The first-order valence-electron chi connectivity index (χ1n) is 4.07. The second kappa shape index (κ2) is 4.35. The predicted molar refractivity (Wildman–Crippen MR) is 56.0 cm³/mol. The number of hydrogen-bond acceptors (Lipinski definition) is 4. The molecule has 0 aliphatic rings. The fourth-order valence-corrected chi connectivity index (χ4v) is 1.27. The molecule has 0 atom stereocenters. The minimum absolute atomic E-state index is 0.0585. The Morgan fingerprint density at radius 1 is 1.47 bits per heavy atom. The number of rotatable bonds is 2. The number of pyridine rings is 1. The Morgan fingerprint density at radius 2 is 2.07 bits per heavy atom. The molecule has 0 spiro atoms. The van der Waals surface area contributed by atoms with Crippen LogP contribution in [0.2, 0.25) is 10.3 Å². The normalized spacial score (nSPS) is 11.3. The first-order valence-corrected chi connectivity index (χ1v) is 4.83. The van der Waals surface area contributed by atoms with Gasteiger partial charge in [0.1, 0.15) is 10.3 Å². The van der Waals surface area contributed by atoms with E-state index in [0.29, 0.717) is 0 Å². The summed E-state index contributed by atoms with van der Waals surface area (Å²) in [5.41, 5.74) is 0.0585. The molecule has 1 rings (SSSR count). The molecule has 0 saturated heterocycles. The summed E-state index contributed by atoms with van der Waals surface area (Å²) < 4.78 is 4.69. The number of aliphatic hydroxyl groups is 1. The molecule has 0 aliphatic carbocycles. The van der Waals surface area contributed by atoms with Crippen molar-refractivity contribution in [2.45, 2.75) is 19.6 Å². The van der Waals surface area contributed by atoms with Crippen LogP contribution in [0, 0.1) is 0 Å². The fourth-order valence-electron chi connectivity index (χ4n) is 0.846. The van der Waals surface area contributed by atoms with Crippen molar-refractivity contribution < 1.29 is 14.6 Å². The van der Waals surface area contributed by atoms with Crippen LogP contribution in [0.4, 0.5) is 0 Å². The van der Waals surface area contributed by atoms with Crippen molar-refractivity contribution in [3.63, 3.8) is 0 Å². The Morgan fingerprint density at radius 3 is 2.53 bits per heavy atom. The lowest BCUT2D eigenvalue weighted by atomic mass is 10.3. The molecular formula is C9H9Cl2NO3. The molecule has 0 amide bonds. The maximum atomic E-state index is 11.4. The van der Waals surface area contributed by atoms with E-state index < -0.39 is 11.8 Å². The molecule has 0 bridgehead atoms. The van der Waals surface area contributed by atoms with Crippen LogP contribution < -0.4 is 0 Å². The van der Waals surface area contributed by atoms with E-state index in [4.69, 9.17) is 27.9 Å². The second-order valence-electron chi connectivity index (χ2n) is 3.31. The first-order chi connectivity index (χ1) is 6.79. The van der Waals surface area contributed by atoms with Crippen molar-refractivity contribution >= 4 is 29.2 Å². The van der Waals surface area contributed by atoms with E-state index in [2.05, 4.69) is 4.98 Å². The summed E-state index contributed by atoms with van der Waals surface area (Å²) in [6, 6.07) is 2.79. The fraction of sp³-hybridized carbons (Fsp3) is 0.333. The van der Waals surface area contributed by atoms with Gasteiger partial charge in [-0.25, -0.2) is 9.78 Å². The van der Waals surface area contributed by atoms with Crippen LogP contribution in [0.15, 0.2) is 12.1 Å². The van der Waals surface area contributed by atoms with E-state index in [1.165, 1.54) is 26.0 Å². The number of carbonyl (C=O) groups is 1. The van der Waals surface area contributed by atoms with Gasteiger partial charge in [0.2, 0.25) is 5.79 Å². The van der Waals surface area contributed by atoms with Gasteiger partial charge in [0, 0.05) is 13.8 Å². The molecule has 1 aromatic rings. The third-order valence-corrected chi connectivity index (χ3v) is 1.88. The standard InChI is InChI=1S/C9H9Cl2NO3/c1-9(2,14)15-8(13)5-3-4-6(10)12-7(5)11/h3-4,14H,1-2H3. The van der Waals surface area contributed by atoms with Crippen LogP contribution in [-0.4, -0.2) is 21.8 Å². The van der Waals surface area contributed by atoms with Gasteiger partial charge < -0.3 is 9.84 Å². The van der Waals surface area contributed by atoms with Gasteiger partial charge in [-0.15, -0.1) is 0 Å². The summed E-state index contributed by atoms with van der Waals surface area (Å²) in [4.78, 5) is 15.1. The summed E-state index contributed by atoms with van der Waals surface area (Å²) in [7, 11) is 0.